The van der Waals surface area contributed by atoms with Crippen molar-refractivity contribution < 1.29 is 0 Å². The van der Waals surface area contributed by atoms with Crippen LogP contribution in [0.5, 0.6) is 0 Å². The molecule has 0 bridgehead atoms. The highest BCUT2D eigenvalue weighted by molar-refractivity contribution is 5.98. The SMILES string of the molecule is N#C/C(=C/c1cn(Cc2ccccc2)c2ccccc12)c1nc2ccccc2[nH]1. The number of nitrogens with one attached hydrogen (secondary N) is 1. The number of aromatic amines is 1. The molecule has 4 nitrogen and oxygen atoms in total. The Labute approximate surface area is 168 Å². The largest absolute Gasteiger partial charge is 0.342 e. The second kappa shape index (κ2) is 7.14. The van der Waals surface area contributed by atoms with Crippen molar-refractivity contribution in [3.8, 4) is 6.07 Å². The maximum Gasteiger partial charge on any atom is 0.149 e. The molecule has 0 fully saturated rings. The predicted octanol–water partition coefficient (Wildman–Crippen LogP) is 5.63. The molecule has 0 amide bonds. The molecule has 2 aromatic heterocycles. The molecule has 0 unspecified atom stereocenters. The van der Waals surface area contributed by atoms with E-state index in [2.05, 4.69) is 63.2 Å². The van der Waals surface area contributed by atoms with Gasteiger partial charge in [0.15, 0.2) is 0 Å². The molecule has 4 heteroatoms. The van der Waals surface area contributed by atoms with E-state index >= 15 is 0 Å². The number of fused-ring (bicyclic) bond motifs is 2. The first-order chi connectivity index (χ1) is 14.3. The summed E-state index contributed by atoms with van der Waals surface area (Å²) >= 11 is 0. The summed E-state index contributed by atoms with van der Waals surface area (Å²) in [4.78, 5) is 7.83. The molecular weight excluding hydrogens is 356 g/mol. The molecule has 0 atom stereocenters. The summed E-state index contributed by atoms with van der Waals surface area (Å²) in [5, 5.41) is 10.9. The van der Waals surface area contributed by atoms with Crippen LogP contribution < -0.4 is 0 Å². The zero-order chi connectivity index (χ0) is 19.6. The molecule has 3 aromatic carbocycles. The molecule has 5 aromatic rings. The molecule has 0 aliphatic heterocycles. The van der Waals surface area contributed by atoms with Crippen LogP contribution in [0.2, 0.25) is 0 Å². The fourth-order valence-electron chi connectivity index (χ4n) is 3.69. The zero-order valence-electron chi connectivity index (χ0n) is 15.7. The number of hydrogen-bond donors (Lipinski definition) is 1. The first-order valence-corrected chi connectivity index (χ1v) is 9.50. The first kappa shape index (κ1) is 17.0. The van der Waals surface area contributed by atoms with Crippen molar-refractivity contribution in [2.45, 2.75) is 6.54 Å². The van der Waals surface area contributed by atoms with Crippen molar-refractivity contribution in [3.63, 3.8) is 0 Å². The summed E-state index contributed by atoms with van der Waals surface area (Å²) in [6, 6.07) is 28.8. The molecule has 0 aliphatic carbocycles. The Balaban J connectivity index is 1.61. The van der Waals surface area contributed by atoms with Gasteiger partial charge in [0.2, 0.25) is 0 Å². The number of allylic oxidation sites excluding steroid dienone is 1. The van der Waals surface area contributed by atoms with Gasteiger partial charge >= 0.3 is 0 Å². The van der Waals surface area contributed by atoms with Gasteiger partial charge in [-0.05, 0) is 29.8 Å². The normalized spacial score (nSPS) is 11.8. The average Bonchev–Trinajstić information content (AvgIpc) is 3.34. The molecule has 5 rings (SSSR count). The Morgan fingerprint density at radius 1 is 0.966 bits per heavy atom. The van der Waals surface area contributed by atoms with E-state index < -0.39 is 0 Å². The Morgan fingerprint density at radius 2 is 1.72 bits per heavy atom. The number of nitriles is 1. The van der Waals surface area contributed by atoms with Crippen LogP contribution >= 0.6 is 0 Å². The smallest absolute Gasteiger partial charge is 0.149 e. The molecule has 0 spiro atoms. The first-order valence-electron chi connectivity index (χ1n) is 9.50. The van der Waals surface area contributed by atoms with Gasteiger partial charge in [-0.15, -0.1) is 0 Å². The Kier molecular flexibility index (Phi) is 4.19. The molecule has 0 aliphatic rings. The minimum atomic E-state index is 0.517. The maximum absolute atomic E-state index is 9.79. The van der Waals surface area contributed by atoms with Gasteiger partial charge in [-0.2, -0.15) is 5.26 Å². The monoisotopic (exact) mass is 374 g/mol. The predicted molar refractivity (Wildman–Crippen MR) is 117 cm³/mol. The maximum atomic E-state index is 9.79. The third-order valence-electron chi connectivity index (χ3n) is 5.08. The summed E-state index contributed by atoms with van der Waals surface area (Å²) in [7, 11) is 0. The topological polar surface area (TPSA) is 57.4 Å². The van der Waals surface area contributed by atoms with Gasteiger partial charge in [0, 0.05) is 29.2 Å². The minimum Gasteiger partial charge on any atom is -0.342 e. The zero-order valence-corrected chi connectivity index (χ0v) is 15.7. The fraction of sp³-hybridized carbons (Fsp3) is 0.0400. The van der Waals surface area contributed by atoms with Crippen LogP contribution in [0.4, 0.5) is 0 Å². The van der Waals surface area contributed by atoms with Crippen molar-refractivity contribution in [3.05, 3.63) is 102 Å². The van der Waals surface area contributed by atoms with Crippen molar-refractivity contribution >= 4 is 33.6 Å². The summed E-state index contributed by atoms with van der Waals surface area (Å²) in [5.74, 6) is 0.591. The summed E-state index contributed by atoms with van der Waals surface area (Å²) < 4.78 is 2.23. The number of H-pyrrole nitrogens is 1. The Hall–Kier alpha value is -4.10. The quantitative estimate of drug-likeness (QED) is 0.415. The average molecular weight is 374 g/mol. The van der Waals surface area contributed by atoms with Gasteiger partial charge in [0.05, 0.1) is 16.6 Å². The Bertz CT molecular complexity index is 1350. The second-order valence-electron chi connectivity index (χ2n) is 6.99. The lowest BCUT2D eigenvalue weighted by molar-refractivity contribution is 0.836. The van der Waals surface area contributed by atoms with Crippen molar-refractivity contribution in [1.29, 1.82) is 5.26 Å². The van der Waals surface area contributed by atoms with Gasteiger partial charge in [0.25, 0.3) is 0 Å². The Morgan fingerprint density at radius 3 is 2.55 bits per heavy atom. The number of aromatic nitrogens is 3. The molecule has 0 saturated carbocycles. The van der Waals surface area contributed by atoms with Gasteiger partial charge in [0.1, 0.15) is 11.9 Å². The lowest BCUT2D eigenvalue weighted by Gasteiger charge is -2.05. The van der Waals surface area contributed by atoms with E-state index in [-0.39, 0.29) is 0 Å². The highest BCUT2D eigenvalue weighted by atomic mass is 15.0. The minimum absolute atomic E-state index is 0.517. The van der Waals surface area contributed by atoms with Crippen LogP contribution in [0.25, 0.3) is 33.6 Å². The number of para-hydroxylation sites is 3. The van der Waals surface area contributed by atoms with Crippen molar-refractivity contribution in [2.75, 3.05) is 0 Å². The van der Waals surface area contributed by atoms with Crippen LogP contribution in [0.15, 0.2) is 85.1 Å². The lowest BCUT2D eigenvalue weighted by Crippen LogP contribution is -1.97. The van der Waals surface area contributed by atoms with Crippen molar-refractivity contribution in [2.24, 2.45) is 0 Å². The van der Waals surface area contributed by atoms with E-state index in [0.29, 0.717) is 11.4 Å². The van der Waals surface area contributed by atoms with E-state index in [1.807, 2.05) is 48.5 Å². The molecule has 0 saturated heterocycles. The van der Waals surface area contributed by atoms with Crippen LogP contribution in [0.1, 0.15) is 17.0 Å². The molecule has 0 radical (unpaired) electrons. The molecule has 1 N–H and O–H groups in total. The number of imidazole rings is 1. The third kappa shape index (κ3) is 3.19. The molecular formula is C25H18N4. The highest BCUT2D eigenvalue weighted by Crippen LogP contribution is 2.27. The molecule has 2 heterocycles. The van der Waals surface area contributed by atoms with E-state index in [0.717, 1.165) is 34.0 Å². The highest BCUT2D eigenvalue weighted by Gasteiger charge is 2.11. The standard InChI is InChI=1S/C25H18N4/c26-15-19(25-27-22-11-5-6-12-23(22)28-25)14-20-17-29(16-18-8-2-1-3-9-18)24-13-7-4-10-21(20)24/h1-14,17H,16H2,(H,27,28)/b19-14-. The van der Waals surface area contributed by atoms with Crippen LogP contribution in [-0.4, -0.2) is 14.5 Å². The fourth-order valence-corrected chi connectivity index (χ4v) is 3.69. The van der Waals surface area contributed by atoms with Gasteiger partial charge < -0.3 is 9.55 Å². The summed E-state index contributed by atoms with van der Waals surface area (Å²) in [5.41, 5.74) is 5.69. The third-order valence-corrected chi connectivity index (χ3v) is 5.08. The summed E-state index contributed by atoms with van der Waals surface area (Å²) in [6.45, 7) is 0.779. The second-order valence-corrected chi connectivity index (χ2v) is 6.99. The van der Waals surface area contributed by atoms with Crippen molar-refractivity contribution in [1.82, 2.24) is 14.5 Å². The van der Waals surface area contributed by atoms with Crippen LogP contribution in [-0.2, 0) is 6.54 Å². The molecule has 29 heavy (non-hydrogen) atoms. The van der Waals surface area contributed by atoms with Gasteiger partial charge in [-0.25, -0.2) is 4.98 Å². The number of nitrogens with zero attached hydrogens (tertiary/aromatic N) is 3. The lowest BCUT2D eigenvalue weighted by atomic mass is 10.1. The van der Waals surface area contributed by atoms with Crippen LogP contribution in [0.3, 0.4) is 0 Å². The van der Waals surface area contributed by atoms with Gasteiger partial charge in [-0.1, -0.05) is 60.7 Å². The number of benzene rings is 3. The van der Waals surface area contributed by atoms with Crippen LogP contribution in [0, 0.1) is 11.3 Å². The van der Waals surface area contributed by atoms with E-state index in [4.69, 9.17) is 0 Å². The summed E-state index contributed by atoms with van der Waals surface area (Å²) in [6.07, 6.45) is 4.03. The van der Waals surface area contributed by atoms with Gasteiger partial charge in [-0.3, -0.25) is 0 Å². The van der Waals surface area contributed by atoms with E-state index in [9.17, 15) is 5.26 Å². The van der Waals surface area contributed by atoms with E-state index in [1.54, 1.807) is 0 Å². The number of rotatable bonds is 4. The number of hydrogen-bond acceptors (Lipinski definition) is 2. The van der Waals surface area contributed by atoms with E-state index in [1.165, 1.54) is 5.56 Å². The molecule has 138 valence electrons.